The van der Waals surface area contributed by atoms with Crippen molar-refractivity contribution in [2.75, 3.05) is 7.05 Å². The monoisotopic (exact) mass is 225 g/mol. The van der Waals surface area contributed by atoms with E-state index in [-0.39, 0.29) is 4.21 Å². The SMILES string of the molecule is CNS(=O)(=O)c1cc(C)c(Cl)s1. The van der Waals surface area contributed by atoms with Crippen molar-refractivity contribution in [3.63, 3.8) is 0 Å². The molecule has 0 amide bonds. The van der Waals surface area contributed by atoms with Crippen LogP contribution >= 0.6 is 22.9 Å². The Morgan fingerprint density at radius 2 is 2.17 bits per heavy atom. The van der Waals surface area contributed by atoms with E-state index in [0.717, 1.165) is 16.9 Å². The van der Waals surface area contributed by atoms with E-state index in [1.807, 2.05) is 0 Å². The van der Waals surface area contributed by atoms with Crippen LogP contribution in [0.4, 0.5) is 0 Å². The van der Waals surface area contributed by atoms with E-state index in [2.05, 4.69) is 4.72 Å². The molecular formula is C6H8ClNO2S2. The summed E-state index contributed by atoms with van der Waals surface area (Å²) in [5, 5.41) is 0. The van der Waals surface area contributed by atoms with Gasteiger partial charge in [-0.15, -0.1) is 11.3 Å². The number of nitrogens with one attached hydrogen (secondary N) is 1. The minimum atomic E-state index is -3.32. The molecular weight excluding hydrogens is 218 g/mol. The highest BCUT2D eigenvalue weighted by molar-refractivity contribution is 7.91. The Bertz CT molecular complexity index is 363. The van der Waals surface area contributed by atoms with Gasteiger partial charge < -0.3 is 0 Å². The van der Waals surface area contributed by atoms with E-state index in [9.17, 15) is 8.42 Å². The van der Waals surface area contributed by atoms with Crippen molar-refractivity contribution in [2.24, 2.45) is 0 Å². The predicted octanol–water partition coefficient (Wildman–Crippen LogP) is 1.62. The summed E-state index contributed by atoms with van der Waals surface area (Å²) in [5.41, 5.74) is 0.787. The van der Waals surface area contributed by atoms with Crippen molar-refractivity contribution in [1.29, 1.82) is 0 Å². The van der Waals surface area contributed by atoms with Gasteiger partial charge in [0.25, 0.3) is 0 Å². The normalized spacial score (nSPS) is 11.9. The maximum atomic E-state index is 11.2. The number of sulfonamides is 1. The average molecular weight is 226 g/mol. The van der Waals surface area contributed by atoms with Crippen LogP contribution in [-0.2, 0) is 10.0 Å². The molecule has 0 unspecified atom stereocenters. The van der Waals surface area contributed by atoms with Gasteiger partial charge in [0.05, 0.1) is 4.34 Å². The topological polar surface area (TPSA) is 46.2 Å². The van der Waals surface area contributed by atoms with Crippen LogP contribution in [0.5, 0.6) is 0 Å². The Hall–Kier alpha value is -0.100. The summed E-state index contributed by atoms with van der Waals surface area (Å²) in [6.45, 7) is 1.77. The fraction of sp³-hybridized carbons (Fsp3) is 0.333. The number of rotatable bonds is 2. The van der Waals surface area contributed by atoms with E-state index in [4.69, 9.17) is 11.6 Å². The van der Waals surface area contributed by atoms with E-state index >= 15 is 0 Å². The van der Waals surface area contributed by atoms with Gasteiger partial charge in [0.15, 0.2) is 0 Å². The lowest BCUT2D eigenvalue weighted by Gasteiger charge is -1.95. The largest absolute Gasteiger partial charge is 0.249 e. The van der Waals surface area contributed by atoms with Crippen molar-refractivity contribution in [3.05, 3.63) is 16.0 Å². The second-order valence-electron chi connectivity index (χ2n) is 2.23. The van der Waals surface area contributed by atoms with Crippen LogP contribution in [0.15, 0.2) is 10.3 Å². The molecule has 0 aromatic carbocycles. The summed E-state index contributed by atoms with van der Waals surface area (Å²) in [5.74, 6) is 0. The van der Waals surface area contributed by atoms with Crippen LogP contribution < -0.4 is 4.72 Å². The van der Waals surface area contributed by atoms with Crippen molar-refractivity contribution < 1.29 is 8.42 Å². The first-order valence-corrected chi connectivity index (χ1v) is 5.84. The van der Waals surface area contributed by atoms with Gasteiger partial charge in [0.2, 0.25) is 10.0 Å². The minimum absolute atomic E-state index is 0.257. The molecule has 0 fully saturated rings. The lowest BCUT2D eigenvalue weighted by molar-refractivity contribution is 0.590. The summed E-state index contributed by atoms with van der Waals surface area (Å²) in [7, 11) is -1.94. The molecule has 68 valence electrons. The average Bonchev–Trinajstić information content (AvgIpc) is 2.33. The number of halogens is 1. The molecule has 1 N–H and O–H groups in total. The number of hydrogen-bond acceptors (Lipinski definition) is 3. The Morgan fingerprint density at radius 3 is 2.50 bits per heavy atom. The van der Waals surface area contributed by atoms with Gasteiger partial charge in [0.1, 0.15) is 4.21 Å². The molecule has 1 rings (SSSR count). The second-order valence-corrected chi connectivity index (χ2v) is 6.00. The van der Waals surface area contributed by atoms with Crippen LogP contribution in [0, 0.1) is 6.92 Å². The fourth-order valence-corrected chi connectivity index (χ4v) is 3.21. The Kier molecular flexibility index (Phi) is 2.77. The summed E-state index contributed by atoms with van der Waals surface area (Å²) in [6.07, 6.45) is 0. The molecule has 0 spiro atoms. The third-order valence-corrected chi connectivity index (χ3v) is 4.81. The Morgan fingerprint density at radius 1 is 1.58 bits per heavy atom. The molecule has 1 aromatic rings. The van der Waals surface area contributed by atoms with Gasteiger partial charge in [-0.05, 0) is 25.6 Å². The number of thiophene rings is 1. The zero-order chi connectivity index (χ0) is 9.35. The smallest absolute Gasteiger partial charge is 0.214 e. The molecule has 0 aliphatic heterocycles. The van der Waals surface area contributed by atoms with Crippen LogP contribution in [0.1, 0.15) is 5.56 Å². The molecule has 0 aliphatic rings. The third-order valence-electron chi connectivity index (χ3n) is 1.37. The van der Waals surface area contributed by atoms with Crippen LogP contribution in [0.2, 0.25) is 4.34 Å². The lowest BCUT2D eigenvalue weighted by Crippen LogP contribution is -2.17. The molecule has 0 saturated heterocycles. The van der Waals surface area contributed by atoms with E-state index < -0.39 is 10.0 Å². The molecule has 0 atom stereocenters. The summed E-state index contributed by atoms with van der Waals surface area (Å²) < 4.78 is 25.4. The van der Waals surface area contributed by atoms with Gasteiger partial charge in [-0.25, -0.2) is 13.1 Å². The molecule has 1 heterocycles. The maximum Gasteiger partial charge on any atom is 0.249 e. The molecule has 3 nitrogen and oxygen atoms in total. The standard InChI is InChI=1S/C6H8ClNO2S2/c1-4-3-5(11-6(4)7)12(9,10)8-2/h3,8H,1-2H3. The van der Waals surface area contributed by atoms with Gasteiger partial charge in [-0.1, -0.05) is 11.6 Å². The van der Waals surface area contributed by atoms with Gasteiger partial charge in [-0.2, -0.15) is 0 Å². The van der Waals surface area contributed by atoms with Crippen LogP contribution in [0.25, 0.3) is 0 Å². The van der Waals surface area contributed by atoms with Crippen molar-refractivity contribution in [1.82, 2.24) is 4.72 Å². The first-order chi connectivity index (χ1) is 5.47. The molecule has 0 aliphatic carbocycles. The van der Waals surface area contributed by atoms with Crippen LogP contribution in [0.3, 0.4) is 0 Å². The van der Waals surface area contributed by atoms with Gasteiger partial charge in [-0.3, -0.25) is 0 Å². The zero-order valence-corrected chi connectivity index (χ0v) is 8.98. The number of aryl methyl sites for hydroxylation is 1. The summed E-state index contributed by atoms with van der Waals surface area (Å²) in [6, 6.07) is 1.55. The molecule has 1 aromatic heterocycles. The fourth-order valence-electron chi connectivity index (χ4n) is 0.665. The Balaban J connectivity index is 3.22. The first kappa shape index (κ1) is 9.98. The summed E-state index contributed by atoms with van der Waals surface area (Å²) >= 11 is 6.78. The van der Waals surface area contributed by atoms with E-state index in [1.54, 1.807) is 13.0 Å². The molecule has 6 heteroatoms. The quantitative estimate of drug-likeness (QED) is 0.832. The number of hydrogen-bond donors (Lipinski definition) is 1. The minimum Gasteiger partial charge on any atom is -0.214 e. The highest BCUT2D eigenvalue weighted by atomic mass is 35.5. The third kappa shape index (κ3) is 1.80. The highest BCUT2D eigenvalue weighted by Gasteiger charge is 2.15. The summed E-state index contributed by atoms with van der Waals surface area (Å²) in [4.78, 5) is 0. The van der Waals surface area contributed by atoms with Crippen LogP contribution in [-0.4, -0.2) is 15.5 Å². The molecule has 12 heavy (non-hydrogen) atoms. The van der Waals surface area contributed by atoms with Gasteiger partial charge >= 0.3 is 0 Å². The molecule has 0 bridgehead atoms. The molecule has 0 radical (unpaired) electrons. The maximum absolute atomic E-state index is 11.2. The lowest BCUT2D eigenvalue weighted by atomic mass is 10.4. The highest BCUT2D eigenvalue weighted by Crippen LogP contribution is 2.29. The van der Waals surface area contributed by atoms with E-state index in [0.29, 0.717) is 4.34 Å². The van der Waals surface area contributed by atoms with E-state index in [1.165, 1.54) is 7.05 Å². The Labute approximate surface area is 80.4 Å². The van der Waals surface area contributed by atoms with Crippen molar-refractivity contribution in [3.8, 4) is 0 Å². The second kappa shape index (κ2) is 3.33. The zero-order valence-electron chi connectivity index (χ0n) is 6.59. The van der Waals surface area contributed by atoms with Gasteiger partial charge in [0, 0.05) is 0 Å². The van der Waals surface area contributed by atoms with Crippen molar-refractivity contribution >= 4 is 33.0 Å². The van der Waals surface area contributed by atoms with Crippen molar-refractivity contribution in [2.45, 2.75) is 11.1 Å². The first-order valence-electron chi connectivity index (χ1n) is 3.17. The predicted molar refractivity (Wildman–Crippen MR) is 50.3 cm³/mol. The molecule has 0 saturated carbocycles.